The van der Waals surface area contributed by atoms with Crippen molar-refractivity contribution in [1.29, 1.82) is 0 Å². The fourth-order valence-electron chi connectivity index (χ4n) is 6.06. The molecule has 8 heteroatoms. The van der Waals surface area contributed by atoms with Crippen LogP contribution in [0.3, 0.4) is 0 Å². The number of aromatic nitrogens is 2. The molecule has 3 fully saturated rings. The number of piperidine rings is 2. The van der Waals surface area contributed by atoms with Gasteiger partial charge in [0.1, 0.15) is 0 Å². The number of aromatic amines is 1. The van der Waals surface area contributed by atoms with E-state index in [0.717, 1.165) is 17.4 Å². The molecule has 0 radical (unpaired) electrons. The molecule has 0 spiro atoms. The van der Waals surface area contributed by atoms with Crippen LogP contribution in [0.1, 0.15) is 38.5 Å². The summed E-state index contributed by atoms with van der Waals surface area (Å²) in [6, 6.07) is 8.37. The topological polar surface area (TPSA) is 81.8 Å². The smallest absolute Gasteiger partial charge is 0.229 e. The Kier molecular flexibility index (Phi) is 6.64. The van der Waals surface area contributed by atoms with Gasteiger partial charge in [0, 0.05) is 44.6 Å². The van der Waals surface area contributed by atoms with E-state index in [1.807, 2.05) is 29.2 Å². The van der Waals surface area contributed by atoms with Gasteiger partial charge >= 0.3 is 0 Å². The van der Waals surface area contributed by atoms with Gasteiger partial charge in [-0.15, -0.1) is 0 Å². The highest BCUT2D eigenvalue weighted by atomic mass is 16.5. The second-order valence-corrected chi connectivity index (χ2v) is 9.78. The fourth-order valence-corrected chi connectivity index (χ4v) is 6.06. The third-order valence-electron chi connectivity index (χ3n) is 7.74. The summed E-state index contributed by atoms with van der Waals surface area (Å²) >= 11 is 0. The van der Waals surface area contributed by atoms with Gasteiger partial charge in [-0.25, -0.2) is 0 Å². The van der Waals surface area contributed by atoms with Gasteiger partial charge in [0.2, 0.25) is 11.8 Å². The number of hydrogen-bond acceptors (Lipinski definition) is 5. The third kappa shape index (κ3) is 4.51. The summed E-state index contributed by atoms with van der Waals surface area (Å²) in [5, 5.41) is 8.30. The van der Waals surface area contributed by atoms with Crippen LogP contribution in [0.5, 0.6) is 0 Å². The maximum atomic E-state index is 13.7. The van der Waals surface area contributed by atoms with E-state index in [4.69, 9.17) is 4.74 Å². The molecule has 0 saturated carbocycles. The number of methoxy groups -OCH3 is 1. The maximum Gasteiger partial charge on any atom is 0.229 e. The Labute approximate surface area is 195 Å². The van der Waals surface area contributed by atoms with E-state index in [1.54, 1.807) is 12.0 Å². The van der Waals surface area contributed by atoms with E-state index in [2.05, 4.69) is 15.1 Å². The number of H-pyrrole nitrogens is 1. The number of anilines is 1. The SMILES string of the molecule is COCCN(CC1CCCN2CCCCC12)C(=O)C1CC(=O)N(c2n[nH]c3ccccc23)C1. The van der Waals surface area contributed by atoms with Crippen molar-refractivity contribution in [2.45, 2.75) is 44.6 Å². The molecule has 3 aliphatic heterocycles. The van der Waals surface area contributed by atoms with Crippen molar-refractivity contribution in [1.82, 2.24) is 20.0 Å². The molecule has 33 heavy (non-hydrogen) atoms. The van der Waals surface area contributed by atoms with Crippen molar-refractivity contribution in [3.05, 3.63) is 24.3 Å². The minimum atomic E-state index is -0.337. The molecule has 178 valence electrons. The molecule has 1 aromatic heterocycles. The standard InChI is InChI=1S/C25H35N5O3/c1-33-14-13-29(16-18-7-6-12-28-11-5-4-10-22(18)28)25(32)19-15-23(31)30(17-19)24-20-8-2-3-9-21(20)26-27-24/h2-3,8-9,18-19,22H,4-7,10-17H2,1H3,(H,26,27). The van der Waals surface area contributed by atoms with Crippen LogP contribution in [0.2, 0.25) is 0 Å². The number of fused-ring (bicyclic) bond motifs is 2. The third-order valence-corrected chi connectivity index (χ3v) is 7.74. The number of ether oxygens (including phenoxy) is 1. The molecule has 3 unspecified atom stereocenters. The first-order valence-electron chi connectivity index (χ1n) is 12.4. The van der Waals surface area contributed by atoms with Crippen LogP contribution in [-0.2, 0) is 14.3 Å². The zero-order valence-electron chi connectivity index (χ0n) is 19.5. The van der Waals surface area contributed by atoms with Crippen LogP contribution in [0.25, 0.3) is 10.9 Å². The van der Waals surface area contributed by atoms with Crippen LogP contribution in [0.4, 0.5) is 5.82 Å². The molecule has 3 atom stereocenters. The normalized spacial score (nSPS) is 26.0. The van der Waals surface area contributed by atoms with Gasteiger partial charge in [-0.1, -0.05) is 18.6 Å². The van der Waals surface area contributed by atoms with Crippen molar-refractivity contribution < 1.29 is 14.3 Å². The summed E-state index contributed by atoms with van der Waals surface area (Å²) in [4.78, 5) is 32.9. The average Bonchev–Trinajstić information content (AvgIpc) is 3.44. The van der Waals surface area contributed by atoms with Gasteiger partial charge in [-0.2, -0.15) is 5.10 Å². The lowest BCUT2D eigenvalue weighted by Gasteiger charge is -2.46. The lowest BCUT2D eigenvalue weighted by atomic mass is 9.83. The Morgan fingerprint density at radius 3 is 2.94 bits per heavy atom. The molecule has 0 bridgehead atoms. The van der Waals surface area contributed by atoms with Crippen molar-refractivity contribution in [3.63, 3.8) is 0 Å². The van der Waals surface area contributed by atoms with Crippen molar-refractivity contribution >= 4 is 28.5 Å². The van der Waals surface area contributed by atoms with Gasteiger partial charge in [-0.3, -0.25) is 19.6 Å². The lowest BCUT2D eigenvalue weighted by Crippen LogP contribution is -2.52. The Morgan fingerprint density at radius 2 is 2.06 bits per heavy atom. The summed E-state index contributed by atoms with van der Waals surface area (Å²) in [7, 11) is 1.68. The highest BCUT2D eigenvalue weighted by molar-refractivity contribution is 6.05. The number of nitrogens with zero attached hydrogens (tertiary/aromatic N) is 4. The van der Waals surface area contributed by atoms with Gasteiger partial charge in [0.15, 0.2) is 5.82 Å². The highest BCUT2D eigenvalue weighted by Gasteiger charge is 2.40. The van der Waals surface area contributed by atoms with Crippen molar-refractivity contribution in [2.75, 3.05) is 51.3 Å². The largest absolute Gasteiger partial charge is 0.383 e. The van der Waals surface area contributed by atoms with Crippen LogP contribution in [0.15, 0.2) is 24.3 Å². The van der Waals surface area contributed by atoms with Gasteiger partial charge < -0.3 is 14.5 Å². The van der Waals surface area contributed by atoms with Gasteiger partial charge in [0.25, 0.3) is 0 Å². The minimum absolute atomic E-state index is 0.0339. The lowest BCUT2D eigenvalue weighted by molar-refractivity contribution is -0.137. The second kappa shape index (κ2) is 9.81. The molecule has 3 aliphatic rings. The number of nitrogens with one attached hydrogen (secondary N) is 1. The van der Waals surface area contributed by atoms with Crippen LogP contribution < -0.4 is 4.90 Å². The molecule has 1 N–H and O–H groups in total. The Bertz CT molecular complexity index is 989. The number of hydrogen-bond donors (Lipinski definition) is 1. The zero-order valence-corrected chi connectivity index (χ0v) is 19.5. The second-order valence-electron chi connectivity index (χ2n) is 9.78. The Hall–Kier alpha value is -2.45. The molecule has 8 nitrogen and oxygen atoms in total. The molecular formula is C25H35N5O3. The summed E-state index contributed by atoms with van der Waals surface area (Å²) < 4.78 is 5.33. The summed E-state index contributed by atoms with van der Waals surface area (Å²) in [6.45, 7) is 4.62. The minimum Gasteiger partial charge on any atom is -0.383 e. The number of carbonyl (C=O) groups excluding carboxylic acids is 2. The van der Waals surface area contributed by atoms with Gasteiger partial charge in [-0.05, 0) is 56.8 Å². The first-order chi connectivity index (χ1) is 16.2. The molecule has 4 heterocycles. The number of benzene rings is 1. The number of amides is 2. The number of carbonyl (C=O) groups is 2. The number of para-hydroxylation sites is 1. The van der Waals surface area contributed by atoms with Crippen molar-refractivity contribution in [2.24, 2.45) is 11.8 Å². The molecule has 2 aromatic rings. The predicted molar refractivity (Wildman–Crippen MR) is 127 cm³/mol. The van der Waals surface area contributed by atoms with E-state index in [9.17, 15) is 9.59 Å². The molecule has 0 aliphatic carbocycles. The highest BCUT2D eigenvalue weighted by Crippen LogP contribution is 2.33. The first-order valence-corrected chi connectivity index (χ1v) is 12.4. The molecule has 5 rings (SSSR count). The Morgan fingerprint density at radius 1 is 1.21 bits per heavy atom. The van der Waals surface area contributed by atoms with E-state index < -0.39 is 0 Å². The monoisotopic (exact) mass is 453 g/mol. The van der Waals surface area contributed by atoms with Crippen LogP contribution in [0, 0.1) is 11.8 Å². The van der Waals surface area contributed by atoms with Crippen molar-refractivity contribution in [3.8, 4) is 0 Å². The van der Waals surface area contributed by atoms with E-state index >= 15 is 0 Å². The summed E-state index contributed by atoms with van der Waals surface area (Å²) in [5.74, 6) is 0.836. The quantitative estimate of drug-likeness (QED) is 0.697. The summed E-state index contributed by atoms with van der Waals surface area (Å²) in [6.07, 6.45) is 6.43. The van der Waals surface area contributed by atoms with Crippen LogP contribution in [-0.4, -0.2) is 84.3 Å². The van der Waals surface area contributed by atoms with Gasteiger partial charge in [0.05, 0.1) is 18.0 Å². The Balaban J connectivity index is 1.30. The average molecular weight is 454 g/mol. The predicted octanol–water partition coefficient (Wildman–Crippen LogP) is 2.66. The molecule has 2 amide bonds. The molecule has 1 aromatic carbocycles. The first kappa shape index (κ1) is 22.3. The van der Waals surface area contributed by atoms with E-state index in [-0.39, 0.29) is 24.2 Å². The van der Waals surface area contributed by atoms with Crippen LogP contribution >= 0.6 is 0 Å². The molecule has 3 saturated heterocycles. The zero-order chi connectivity index (χ0) is 22.8. The van der Waals surface area contributed by atoms with E-state index in [1.165, 1.54) is 45.2 Å². The fraction of sp³-hybridized carbons (Fsp3) is 0.640. The van der Waals surface area contributed by atoms with E-state index in [0.29, 0.717) is 37.5 Å². The maximum absolute atomic E-state index is 13.7. The summed E-state index contributed by atoms with van der Waals surface area (Å²) in [5.41, 5.74) is 0.895. The number of rotatable bonds is 7. The molecular weight excluding hydrogens is 418 g/mol.